The van der Waals surface area contributed by atoms with Gasteiger partial charge in [-0.2, -0.15) is 63.8 Å². The van der Waals surface area contributed by atoms with E-state index in [1.165, 1.54) is 66.8 Å². The first-order chi connectivity index (χ1) is 44.5. The summed E-state index contributed by atoms with van der Waals surface area (Å²) in [5.41, 5.74) is 10.5. The predicted octanol–water partition coefficient (Wildman–Crippen LogP) is 12.3. The number of carbonyl (C=O) groups excluding carboxylic acids is 1. The van der Waals surface area contributed by atoms with Crippen LogP contribution in [0.25, 0.3) is 43.7 Å². The number of aromatic nitrogens is 17. The summed E-state index contributed by atoms with van der Waals surface area (Å²) in [6, 6.07) is 29.9. The van der Waals surface area contributed by atoms with Crippen molar-refractivity contribution in [3.63, 3.8) is 0 Å². The van der Waals surface area contributed by atoms with Crippen LogP contribution >= 0.6 is 96.8 Å². The van der Waals surface area contributed by atoms with Crippen molar-refractivity contribution in [3.8, 4) is 5.69 Å². The third kappa shape index (κ3) is 27.7. The fourth-order valence-corrected chi connectivity index (χ4v) is 10.5. The minimum atomic E-state index is -0.127. The largest absolute Gasteiger partial charge is 0.355 e. The second-order valence-corrected chi connectivity index (χ2v) is 26.3. The summed E-state index contributed by atoms with van der Waals surface area (Å²) in [5, 5.41) is 31.5. The second kappa shape index (κ2) is 42.9. The molecule has 4 aromatic carbocycles. The molecule has 1 aliphatic heterocycles. The van der Waals surface area contributed by atoms with Crippen LogP contribution in [0.1, 0.15) is 93.9 Å². The molecule has 1 unspecified atom stereocenters. The number of likely N-dealkylation sites (N-methyl/N-ethyl adjacent to an activating group) is 1. The molecule has 11 aromatic rings. The number of imidazole rings is 1. The number of nitrogens with one attached hydrogen (secondary N) is 7. The van der Waals surface area contributed by atoms with Gasteiger partial charge in [0.1, 0.15) is 34.6 Å². The highest BCUT2D eigenvalue weighted by atomic mass is 32.2. The number of thiazole rings is 1. The van der Waals surface area contributed by atoms with Crippen LogP contribution in [0.15, 0.2) is 95.8 Å². The number of thioether (sulfide) groups is 1. The van der Waals surface area contributed by atoms with Gasteiger partial charge in [0.15, 0.2) is 15.0 Å². The van der Waals surface area contributed by atoms with Crippen molar-refractivity contribution in [2.45, 2.75) is 109 Å². The zero-order chi connectivity index (χ0) is 70.4. The number of amides is 1. The molecule has 1 saturated heterocycles. The Morgan fingerprint density at radius 3 is 1.83 bits per heavy atom. The van der Waals surface area contributed by atoms with Gasteiger partial charge in [0.05, 0.1) is 30.8 Å². The highest BCUT2D eigenvalue weighted by Crippen LogP contribution is 2.18. The number of benzene rings is 4. The molecule has 0 aliphatic carbocycles. The lowest BCUT2D eigenvalue weighted by Gasteiger charge is -2.20. The number of aromatic amines is 6. The average Bonchev–Trinajstić information content (AvgIpc) is 1.73. The Balaban J connectivity index is 0.000000363. The Morgan fingerprint density at radius 2 is 1.35 bits per heavy atom. The second-order valence-electron chi connectivity index (χ2n) is 21.4. The van der Waals surface area contributed by atoms with E-state index in [0.717, 1.165) is 55.8 Å². The van der Waals surface area contributed by atoms with Gasteiger partial charge < -0.3 is 30.0 Å². The van der Waals surface area contributed by atoms with E-state index in [4.69, 9.17) is 61.1 Å². The number of hydrogen-bond donors (Lipinski definition) is 8. The van der Waals surface area contributed by atoms with Gasteiger partial charge in [-0.05, 0) is 193 Å². The molecule has 516 valence electrons. The maximum atomic E-state index is 11.3. The number of thiol groups is 1. The molecule has 7 aromatic heterocycles. The molecular weight excluding hydrogens is 1350 g/mol. The van der Waals surface area contributed by atoms with E-state index in [9.17, 15) is 9.59 Å². The van der Waals surface area contributed by atoms with Crippen LogP contribution in [0.2, 0.25) is 0 Å². The predicted molar refractivity (Wildman–Crippen MR) is 412 cm³/mol. The van der Waals surface area contributed by atoms with E-state index in [-0.39, 0.29) is 24.9 Å². The van der Waals surface area contributed by atoms with Crippen LogP contribution < -0.4 is 20.0 Å². The van der Waals surface area contributed by atoms with Crippen LogP contribution in [0.4, 0.5) is 0 Å². The van der Waals surface area contributed by atoms with Crippen molar-refractivity contribution in [2.75, 3.05) is 52.0 Å². The Labute approximate surface area is 598 Å². The molecule has 31 heteroatoms. The summed E-state index contributed by atoms with van der Waals surface area (Å²) in [7, 11) is 13.7. The number of aryl methyl sites for hydroxylation is 8. The summed E-state index contributed by atoms with van der Waals surface area (Å²) in [4.78, 5) is 42.0. The number of rotatable bonds is 6. The normalized spacial score (nSPS) is 11.6. The van der Waals surface area contributed by atoms with Crippen molar-refractivity contribution < 1.29 is 13.9 Å². The first-order valence-corrected chi connectivity index (χ1v) is 34.8. The molecule has 7 N–H and O–H groups in total. The van der Waals surface area contributed by atoms with E-state index in [0.29, 0.717) is 32.0 Å². The van der Waals surface area contributed by atoms with E-state index < -0.39 is 0 Å². The van der Waals surface area contributed by atoms with Crippen molar-refractivity contribution >= 4 is 151 Å². The summed E-state index contributed by atoms with van der Waals surface area (Å²) in [5.74, 6) is 5.86. The Hall–Kier alpha value is -7.39. The summed E-state index contributed by atoms with van der Waals surface area (Å²) < 4.78 is 12.3. The van der Waals surface area contributed by atoms with Gasteiger partial charge in [0.2, 0.25) is 27.0 Å². The Kier molecular flexibility index (Phi) is 37.8. The average molecular weight is 1450 g/mol. The molecule has 1 amide bonds. The maximum absolute atomic E-state index is 11.3. The quantitative estimate of drug-likeness (QED) is 0.0333. The molecule has 1 fully saturated rings. The van der Waals surface area contributed by atoms with Gasteiger partial charge in [0.25, 0.3) is 11.3 Å². The van der Waals surface area contributed by atoms with E-state index in [1.54, 1.807) is 18.5 Å². The molecule has 1 aliphatic rings. The van der Waals surface area contributed by atoms with E-state index in [1.807, 2.05) is 172 Å². The number of nitrogens with zero attached hydrogens (tertiary/aromatic N) is 14. The molecule has 0 bridgehead atoms. The van der Waals surface area contributed by atoms with Crippen molar-refractivity contribution in [3.05, 3.63) is 155 Å². The fourth-order valence-electron chi connectivity index (χ4n) is 7.85. The SMILES string of the molecule is C.CCCS.CCCSCC.CCN1C(=S)NC(=O)C1C.CN(C)C(=S)N(C)C.Cc1cc(=O)n2[nH]c(C)nc2n1.Cc1ccc(-n2[nH]nnc2=S)cc1.Cc1ccc2[nH]c(=S)[nH]c2c1.Cc1ccc2n[nH]nc2c1.Cc1n(C)[nH]c(=S)[n+]1C.Cc1sc2ccccc2[n+]1C. The number of para-hydroxylation sites is 1. The third-order valence-corrected chi connectivity index (χ3v) is 17.8. The minimum Gasteiger partial charge on any atom is -0.355 e. The number of tetrazole rings is 1. The molecule has 1 atom stereocenters. The van der Waals surface area contributed by atoms with Crippen LogP contribution in [-0.4, -0.2) is 164 Å². The Bertz CT molecular complexity index is 4340. The number of hydrogen-bond acceptors (Lipinski definition) is 16. The van der Waals surface area contributed by atoms with Gasteiger partial charge in [-0.15, -0.1) is 5.10 Å². The molecule has 95 heavy (non-hydrogen) atoms. The van der Waals surface area contributed by atoms with Crippen LogP contribution in [0.5, 0.6) is 0 Å². The van der Waals surface area contributed by atoms with Crippen LogP contribution in [0.3, 0.4) is 0 Å². The molecule has 8 heterocycles. The van der Waals surface area contributed by atoms with Crippen LogP contribution in [-0.2, 0) is 25.9 Å². The van der Waals surface area contributed by atoms with Crippen molar-refractivity contribution in [2.24, 2.45) is 21.1 Å². The van der Waals surface area contributed by atoms with Crippen molar-refractivity contribution in [1.82, 2.24) is 95.0 Å². The van der Waals surface area contributed by atoms with Gasteiger partial charge in [-0.1, -0.05) is 91.8 Å². The van der Waals surface area contributed by atoms with Crippen molar-refractivity contribution in [1.29, 1.82) is 0 Å². The van der Waals surface area contributed by atoms with E-state index in [2.05, 4.69) is 162 Å². The first kappa shape index (κ1) is 83.7. The molecular formula is C64H97N21O2S8+2. The zero-order valence-electron chi connectivity index (χ0n) is 57.4. The van der Waals surface area contributed by atoms with Gasteiger partial charge in [-0.3, -0.25) is 14.7 Å². The molecule has 0 spiro atoms. The number of carbonyl (C=O) groups is 1. The Morgan fingerprint density at radius 1 is 0.747 bits per heavy atom. The fraction of sp³-hybridized carbons (Fsp3) is 0.422. The maximum Gasteiger partial charge on any atom is 0.323 e. The lowest BCUT2D eigenvalue weighted by molar-refractivity contribution is -0.684. The topological polar surface area (TPSA) is 250 Å². The number of thiocarbonyl (C=S) groups is 2. The van der Waals surface area contributed by atoms with E-state index >= 15 is 0 Å². The highest BCUT2D eigenvalue weighted by molar-refractivity contribution is 7.99. The number of H-pyrrole nitrogens is 6. The zero-order valence-corrected chi connectivity index (χ0v) is 64.0. The highest BCUT2D eigenvalue weighted by Gasteiger charge is 2.30. The summed E-state index contributed by atoms with van der Waals surface area (Å²) in [6.45, 7) is 25.0. The van der Waals surface area contributed by atoms with Crippen LogP contribution in [0, 0.1) is 62.8 Å². The van der Waals surface area contributed by atoms with Gasteiger partial charge >= 0.3 is 4.77 Å². The third-order valence-electron chi connectivity index (χ3n) is 13.2. The van der Waals surface area contributed by atoms with Gasteiger partial charge in [-0.25, -0.2) is 14.2 Å². The lowest BCUT2D eigenvalue weighted by Crippen LogP contribution is -2.32. The first-order valence-electron chi connectivity index (χ1n) is 30.1. The standard InChI is InChI=1S/C9H10NS.C8H8N4S.C8H8N2S.C7H8N4O.C7H7N3.C6H10N2OS.C5H9N3S.C5H12N2S.C5H12S.C3H8S.CH4/c1-7-10(2)8-5-3-4-6-9(8)11-7;1-6-2-4-7(5-3-6)12-8(13)9-10-11-12;1-5-2-3-6-7(4-5)10-8(11)9-6;1-4-3-6(12)11-7(8-4)9-5(2)10-11;1-5-2-3-6-7(4-5)9-10-8-6;1-3-8-4(2)5(9)7-6(8)10;1-4-7(2)5(9)6-8(4)3;1-6(2)5(8)7(3)4;1-3-5-6-4-2;1-2-3-4;/h3-6H,1-2H3;2-5H,1H3,(H,9,11,13);2-4H,1H3,(H2,9,10,11);3H,1-2H3,(H,8,9,10);2-4H,1H3,(H,8,9,10);4H,3H2,1-2H3,(H,7,9,10);1-3H3;1-4H3;3-5H2,1-2H3;4H,2-3H2,1H3;1H4/q+1;;;;;;;;;;/p+1. The molecule has 12 rings (SSSR count). The molecule has 0 radical (unpaired) electrons. The minimum absolute atomic E-state index is 0. The summed E-state index contributed by atoms with van der Waals surface area (Å²) >= 11 is 32.5. The number of fused-ring (bicyclic) bond motifs is 4. The molecule has 23 nitrogen and oxygen atoms in total. The lowest BCUT2D eigenvalue weighted by atomic mass is 10.2. The summed E-state index contributed by atoms with van der Waals surface area (Å²) in [6.07, 6.45) is 2.50. The van der Waals surface area contributed by atoms with Gasteiger partial charge in [0, 0.05) is 66.4 Å². The monoisotopic (exact) mass is 1450 g/mol. The smallest absolute Gasteiger partial charge is 0.323 e. The molecule has 0 saturated carbocycles.